The number of oxazole rings is 1. The number of piperazine rings is 1. The normalized spacial score (nSPS) is 15.0. The molecule has 1 saturated heterocycles. The predicted molar refractivity (Wildman–Crippen MR) is 551 cm³/mol. The first-order chi connectivity index (χ1) is 72.2. The van der Waals surface area contributed by atoms with E-state index < -0.39 is 0 Å². The van der Waals surface area contributed by atoms with Crippen LogP contribution in [-0.2, 0) is 19.1 Å². The van der Waals surface area contributed by atoms with Crippen molar-refractivity contribution in [3.05, 3.63) is 256 Å². The van der Waals surface area contributed by atoms with Gasteiger partial charge in [-0.25, -0.2) is 61.7 Å². The number of carbonyl (C=O) groups excluding carboxylic acids is 5. The number of amides is 6. The number of halogens is 1. The molecular formula is C104H113FN30O12. The van der Waals surface area contributed by atoms with E-state index in [9.17, 15) is 28.4 Å². The zero-order chi connectivity index (χ0) is 101. The van der Waals surface area contributed by atoms with E-state index in [1.54, 1.807) is 70.0 Å². The maximum atomic E-state index is 13.2. The maximum absolute atomic E-state index is 13.2. The Morgan fingerprint density at radius 3 is 1.07 bits per heavy atom. The lowest BCUT2D eigenvalue weighted by molar-refractivity contribution is -0.133. The van der Waals surface area contributed by atoms with Crippen molar-refractivity contribution in [3.8, 4) is 78.6 Å². The molecule has 6 aliphatic heterocycles. The van der Waals surface area contributed by atoms with Gasteiger partial charge in [-0.1, -0.05) is 60.7 Å². The van der Waals surface area contributed by atoms with Crippen molar-refractivity contribution < 1.29 is 61.2 Å². The van der Waals surface area contributed by atoms with Gasteiger partial charge in [0.1, 0.15) is 97.1 Å². The number of rotatable bonds is 10. The van der Waals surface area contributed by atoms with Gasteiger partial charge in [0.25, 0.3) is 11.8 Å². The lowest BCUT2D eigenvalue weighted by Crippen LogP contribution is -2.54. The Bertz CT molecular complexity index is 7010. The number of fused-ring (bicyclic) bond motifs is 20. The van der Waals surface area contributed by atoms with Crippen LogP contribution in [0.5, 0.6) is 23.0 Å². The van der Waals surface area contributed by atoms with E-state index in [0.29, 0.717) is 196 Å². The highest BCUT2D eigenvalue weighted by atomic mass is 19.1. The van der Waals surface area contributed by atoms with Gasteiger partial charge in [-0.2, -0.15) is 25.5 Å². The van der Waals surface area contributed by atoms with Crippen LogP contribution in [0.15, 0.2) is 249 Å². The van der Waals surface area contributed by atoms with Crippen molar-refractivity contribution in [3.63, 3.8) is 0 Å². The lowest BCUT2D eigenvalue weighted by atomic mass is 10.1. The Kier molecular flexibility index (Phi) is 31.9. The van der Waals surface area contributed by atoms with Crippen molar-refractivity contribution in [2.24, 2.45) is 0 Å². The summed E-state index contributed by atoms with van der Waals surface area (Å²) in [5.74, 6) is 6.58. The number of anilines is 6. The maximum Gasteiger partial charge on any atom is 0.320 e. The molecule has 0 saturated carbocycles. The Morgan fingerprint density at radius 2 is 0.701 bits per heavy atom. The minimum absolute atomic E-state index is 0.0115. The number of hydrogen-bond acceptors (Lipinski definition) is 30. The summed E-state index contributed by atoms with van der Waals surface area (Å²) >= 11 is 0. The number of H-pyrrole nitrogens is 1. The second-order valence-corrected chi connectivity index (χ2v) is 34.9. The van der Waals surface area contributed by atoms with Crippen LogP contribution in [0, 0.1) is 0 Å². The number of ether oxygens (including phenoxy) is 6. The number of benzene rings is 5. The second kappa shape index (κ2) is 47.7. The molecule has 0 aliphatic carbocycles. The summed E-state index contributed by atoms with van der Waals surface area (Å²) in [6, 6.07) is 52.5. The molecule has 42 nitrogen and oxygen atoms in total. The molecule has 43 heteroatoms. The fraction of sp³-hybridized carbons (Fsp3) is 0.308. The van der Waals surface area contributed by atoms with Gasteiger partial charge in [-0.05, 0) is 131 Å². The zero-order valence-corrected chi connectivity index (χ0v) is 81.4. The number of nitrogens with one attached hydrogen (secondary N) is 7. The molecule has 147 heavy (non-hydrogen) atoms. The number of aromatic amines is 1. The van der Waals surface area contributed by atoms with Crippen LogP contribution in [0.2, 0.25) is 0 Å². The molecule has 0 unspecified atom stereocenters. The first kappa shape index (κ1) is 98.4. The summed E-state index contributed by atoms with van der Waals surface area (Å²) in [6.45, 7) is 13.8. The molecule has 12 aromatic heterocycles. The van der Waals surface area contributed by atoms with Gasteiger partial charge in [0.15, 0.2) is 40.3 Å². The number of methoxy groups -OCH3 is 2. The molecule has 23 rings (SSSR count). The molecule has 758 valence electrons. The Labute approximate surface area is 844 Å². The summed E-state index contributed by atoms with van der Waals surface area (Å²) in [5.41, 5.74) is 15.4. The number of nitrogens with zero attached hydrogens (tertiary/aromatic N) is 23. The van der Waals surface area contributed by atoms with Crippen LogP contribution in [0.3, 0.4) is 0 Å². The van der Waals surface area contributed by atoms with Gasteiger partial charge in [-0.3, -0.25) is 24.1 Å². The predicted octanol–water partition coefficient (Wildman–Crippen LogP) is 11.4. The minimum Gasteiger partial charge on any atom is -0.492 e. The van der Waals surface area contributed by atoms with Gasteiger partial charge in [0.2, 0.25) is 11.8 Å². The standard InChI is InChI=1S/C23H28FN7O2.C21H20N6O2.C20H18N6O3.C20H24N6O2.C20H23N5O3/c24-5-8-28-10-12-30(13-11-28)23(32)29-9-6-25-21-4-7-31-22(27-21)20(17-26-31)18-2-1-3-19(16-18)33-15-14-29;28-21(18-5-2-7-22-18)26-10-8-23-19-6-9-27-20(25-19)17(14-24-27)15-3-1-4-16(13-15)29-12-11-26;27-20(17-12-28-13-22-17)25-7-5-21-18-4-6-26-19(24-18)16(11-23-26)14-2-1-3-15(10-14)29-9-8-25;1-28-12-6-19(27)25-10-7-21-16-4-2-3-15(13-16)17-14-23-26-9-5-18(22-8-11-25)24-20(17)26;1-27-11-6-19(26)24-9-7-21-18-5-8-25-20(23-18)17(14-22-25)15-3-2-4-16(13-15)28-12-10-24/h1-4,7,16-17H,5-6,8-15H2,(H,25,27);1-7,9,13-14,22H,8,10-12H2,(H,23,25);1-4,6,10-13H,5,7-9H2,(H,21,24);2-5,9,13-14,21H,6-8,10-12H2,1H3,(H,22,24);2-5,8,13-14H,6-7,9-12H2,1H3,(H,21,23). The molecule has 7 N–H and O–H groups in total. The van der Waals surface area contributed by atoms with Crippen molar-refractivity contribution >= 4 is 92.7 Å². The van der Waals surface area contributed by atoms with E-state index in [4.69, 9.17) is 57.8 Å². The van der Waals surface area contributed by atoms with E-state index in [1.165, 1.54) is 12.7 Å². The third kappa shape index (κ3) is 24.6. The third-order valence-corrected chi connectivity index (χ3v) is 25.4. The number of aromatic nitrogens is 17. The average Bonchev–Trinajstić information content (AvgIpc) is 1.68. The Morgan fingerprint density at radius 1 is 0.361 bits per heavy atom. The Balaban J connectivity index is 0.000000116. The first-order valence-electron chi connectivity index (χ1n) is 48.9. The summed E-state index contributed by atoms with van der Waals surface area (Å²) in [5, 5.41) is 42.0. The van der Waals surface area contributed by atoms with Crippen molar-refractivity contribution in [1.29, 1.82) is 0 Å². The second-order valence-electron chi connectivity index (χ2n) is 34.9. The van der Waals surface area contributed by atoms with E-state index in [-0.39, 0.29) is 42.0 Å². The molecule has 17 aromatic rings. The highest BCUT2D eigenvalue weighted by Crippen LogP contribution is 2.35. The average molecular weight is 1990 g/mol. The summed E-state index contributed by atoms with van der Waals surface area (Å²) < 4.78 is 60.2. The number of carbonyl (C=O) groups is 5. The summed E-state index contributed by atoms with van der Waals surface area (Å²) in [4.78, 5) is 107. The minimum atomic E-state index is -0.356. The highest BCUT2D eigenvalue weighted by molar-refractivity contribution is 5.93. The van der Waals surface area contributed by atoms with Gasteiger partial charge < -0.3 is 99.1 Å². The van der Waals surface area contributed by atoms with Gasteiger partial charge in [0, 0.05) is 196 Å². The van der Waals surface area contributed by atoms with E-state index >= 15 is 0 Å². The van der Waals surface area contributed by atoms with Crippen LogP contribution in [0.25, 0.3) is 83.9 Å². The van der Waals surface area contributed by atoms with Crippen LogP contribution in [0.4, 0.5) is 44.0 Å². The molecule has 6 aliphatic rings. The van der Waals surface area contributed by atoms with Crippen molar-refractivity contribution in [1.82, 2.24) is 117 Å². The van der Waals surface area contributed by atoms with Gasteiger partial charge >= 0.3 is 6.03 Å². The SMILES string of the molecule is COCCC(=O)N1CCNc2cccc(c2)-c2cnn3ccc(nc23)NCC1.COCCC(=O)N1CCNc2ccn3ncc(c3n2)-c2cccc(c2)OCC1.O=C(N1CCNc2ccn3ncc(c3n2)-c2cccc(c2)OCC1)N1CCN(CCF)CC1.O=C(c1ccc[nH]1)N1CCNc2ccn3ncc(c3n2)-c2cccc(c2)OCC1.O=C(c1cocn1)N1CCNc2ccn3ncc(c3n2)-c2cccc(c2)OCC1. The first-order valence-corrected chi connectivity index (χ1v) is 48.9. The van der Waals surface area contributed by atoms with Gasteiger partial charge in [0.05, 0.1) is 83.2 Å². The molecule has 20 bridgehead atoms. The third-order valence-electron chi connectivity index (χ3n) is 25.4. The van der Waals surface area contributed by atoms with E-state index in [1.807, 2.05) is 216 Å². The quantitative estimate of drug-likeness (QED) is 0.0668. The molecule has 18 heterocycles. The number of urea groups is 1. The van der Waals surface area contributed by atoms with Crippen LogP contribution in [0.1, 0.15) is 33.8 Å². The molecule has 1 fully saturated rings. The summed E-state index contributed by atoms with van der Waals surface area (Å²) in [7, 11) is 3.21. The van der Waals surface area contributed by atoms with E-state index in [2.05, 4.69) is 84.4 Å². The lowest BCUT2D eigenvalue weighted by Gasteiger charge is -2.37. The fourth-order valence-corrected chi connectivity index (χ4v) is 17.6. The number of alkyl halides is 1. The largest absolute Gasteiger partial charge is 0.492 e. The molecular weight excluding hydrogens is 1880 g/mol. The van der Waals surface area contributed by atoms with Crippen molar-refractivity contribution in [2.45, 2.75) is 12.8 Å². The fourth-order valence-electron chi connectivity index (χ4n) is 17.6. The van der Waals surface area contributed by atoms with Crippen LogP contribution < -0.4 is 50.8 Å². The molecule has 0 radical (unpaired) electrons. The topological polar surface area (TPSA) is 428 Å². The van der Waals surface area contributed by atoms with Crippen LogP contribution >= 0.6 is 0 Å². The molecule has 0 spiro atoms. The van der Waals surface area contributed by atoms with Gasteiger partial charge in [-0.15, -0.1) is 0 Å². The van der Waals surface area contributed by atoms with Crippen LogP contribution in [-0.4, -0.2) is 345 Å². The van der Waals surface area contributed by atoms with Crippen molar-refractivity contribution in [2.75, 3.05) is 230 Å². The Hall–Kier alpha value is -17.4. The highest BCUT2D eigenvalue weighted by Gasteiger charge is 2.29. The zero-order valence-electron chi connectivity index (χ0n) is 81.4. The smallest absolute Gasteiger partial charge is 0.320 e. The molecule has 5 aromatic carbocycles. The monoisotopic (exact) mass is 1990 g/mol. The molecule has 0 atom stereocenters. The molecule has 6 amide bonds. The summed E-state index contributed by atoms with van der Waals surface area (Å²) in [6.07, 6.45) is 23.5. The van der Waals surface area contributed by atoms with E-state index in [0.717, 1.165) is 142 Å². The number of hydrogen-bond donors (Lipinski definition) is 7.